The molecule has 0 aliphatic rings. The SMILES string of the molecule is COC(=O)C(CC(C)C)NC(=O)C(C)Cc1ccc(C(F)(F)F)cc1. The average Bonchev–Trinajstić information content (AvgIpc) is 2.52. The van der Waals surface area contributed by atoms with Gasteiger partial charge in [-0.25, -0.2) is 4.79 Å². The number of rotatable bonds is 7. The summed E-state index contributed by atoms with van der Waals surface area (Å²) in [5.74, 6) is -1.15. The average molecular weight is 359 g/mol. The summed E-state index contributed by atoms with van der Waals surface area (Å²) in [4.78, 5) is 24.0. The number of nitrogens with one attached hydrogen (secondary N) is 1. The highest BCUT2D eigenvalue weighted by atomic mass is 19.4. The zero-order chi connectivity index (χ0) is 19.2. The first-order valence-electron chi connectivity index (χ1n) is 8.09. The number of carbonyl (C=O) groups is 2. The number of hydrogen-bond donors (Lipinski definition) is 1. The van der Waals surface area contributed by atoms with Crippen molar-refractivity contribution in [3.8, 4) is 0 Å². The largest absolute Gasteiger partial charge is 0.467 e. The third kappa shape index (κ3) is 6.76. The predicted octanol–water partition coefficient (Wildman–Crippen LogP) is 3.59. The molecule has 0 saturated heterocycles. The molecular formula is C18H24F3NO3. The maximum absolute atomic E-state index is 12.6. The summed E-state index contributed by atoms with van der Waals surface area (Å²) in [6, 6.07) is 3.98. The van der Waals surface area contributed by atoms with Crippen molar-refractivity contribution in [3.05, 3.63) is 35.4 Å². The fraction of sp³-hybridized carbons (Fsp3) is 0.556. The van der Waals surface area contributed by atoms with Gasteiger partial charge in [-0.2, -0.15) is 13.2 Å². The molecule has 1 N–H and O–H groups in total. The minimum atomic E-state index is -4.38. The zero-order valence-corrected chi connectivity index (χ0v) is 14.8. The topological polar surface area (TPSA) is 55.4 Å². The molecule has 0 aromatic heterocycles. The summed E-state index contributed by atoms with van der Waals surface area (Å²) in [6.07, 6.45) is -3.66. The molecule has 0 bridgehead atoms. The normalized spacial score (nSPS) is 14.1. The lowest BCUT2D eigenvalue weighted by molar-refractivity contribution is -0.146. The second-order valence-electron chi connectivity index (χ2n) is 6.51. The highest BCUT2D eigenvalue weighted by Crippen LogP contribution is 2.29. The molecule has 1 aromatic carbocycles. The second kappa shape index (κ2) is 8.87. The standard InChI is InChI=1S/C18H24F3NO3/c1-11(2)9-15(17(24)25-4)22-16(23)12(3)10-13-5-7-14(8-6-13)18(19,20)21/h5-8,11-12,15H,9-10H2,1-4H3,(H,22,23). The Morgan fingerprint density at radius 3 is 2.12 bits per heavy atom. The minimum absolute atomic E-state index is 0.189. The fourth-order valence-corrected chi connectivity index (χ4v) is 2.42. The molecule has 7 heteroatoms. The van der Waals surface area contributed by atoms with E-state index in [1.54, 1.807) is 6.92 Å². The van der Waals surface area contributed by atoms with Crippen LogP contribution in [-0.4, -0.2) is 25.0 Å². The van der Waals surface area contributed by atoms with E-state index < -0.39 is 29.7 Å². The summed E-state index contributed by atoms with van der Waals surface area (Å²) in [5, 5.41) is 2.66. The molecule has 1 rings (SSSR count). The Labute approximate surface area is 145 Å². The van der Waals surface area contributed by atoms with Gasteiger partial charge in [-0.3, -0.25) is 4.79 Å². The van der Waals surface area contributed by atoms with E-state index >= 15 is 0 Å². The van der Waals surface area contributed by atoms with Crippen molar-refractivity contribution in [1.82, 2.24) is 5.32 Å². The molecule has 1 amide bonds. The van der Waals surface area contributed by atoms with Gasteiger partial charge in [0.15, 0.2) is 0 Å². The van der Waals surface area contributed by atoms with Crippen LogP contribution in [0.15, 0.2) is 24.3 Å². The molecule has 2 atom stereocenters. The molecule has 2 unspecified atom stereocenters. The number of esters is 1. The number of methoxy groups -OCH3 is 1. The molecule has 1 aromatic rings. The first-order valence-corrected chi connectivity index (χ1v) is 8.09. The molecule has 0 aliphatic heterocycles. The van der Waals surface area contributed by atoms with Crippen LogP contribution in [0.25, 0.3) is 0 Å². The number of benzene rings is 1. The van der Waals surface area contributed by atoms with E-state index in [0.717, 1.165) is 12.1 Å². The Morgan fingerprint density at radius 1 is 1.12 bits per heavy atom. The maximum Gasteiger partial charge on any atom is 0.416 e. The predicted molar refractivity (Wildman–Crippen MR) is 87.7 cm³/mol. The molecule has 0 spiro atoms. The molecule has 4 nitrogen and oxygen atoms in total. The number of halogens is 3. The molecule has 140 valence electrons. The van der Waals surface area contributed by atoms with Crippen LogP contribution < -0.4 is 5.32 Å². The van der Waals surface area contributed by atoms with Crippen LogP contribution in [0, 0.1) is 11.8 Å². The van der Waals surface area contributed by atoms with Crippen LogP contribution >= 0.6 is 0 Å². The summed E-state index contributed by atoms with van der Waals surface area (Å²) < 4.78 is 42.4. The fourth-order valence-electron chi connectivity index (χ4n) is 2.42. The molecule has 0 aliphatic carbocycles. The minimum Gasteiger partial charge on any atom is -0.467 e. The summed E-state index contributed by atoms with van der Waals surface area (Å²) >= 11 is 0. The highest BCUT2D eigenvalue weighted by Gasteiger charge is 2.30. The number of alkyl halides is 3. The quantitative estimate of drug-likeness (QED) is 0.757. The lowest BCUT2D eigenvalue weighted by Crippen LogP contribution is -2.44. The van der Waals surface area contributed by atoms with Gasteiger partial charge >= 0.3 is 12.1 Å². The van der Waals surface area contributed by atoms with Crippen molar-refractivity contribution in [3.63, 3.8) is 0 Å². The van der Waals surface area contributed by atoms with E-state index in [0.29, 0.717) is 12.0 Å². The Balaban J connectivity index is 2.70. The van der Waals surface area contributed by atoms with Crippen LogP contribution in [0.4, 0.5) is 13.2 Å². The number of carbonyl (C=O) groups excluding carboxylic acids is 2. The van der Waals surface area contributed by atoms with Gasteiger partial charge < -0.3 is 10.1 Å². The van der Waals surface area contributed by atoms with Gasteiger partial charge in [-0.1, -0.05) is 32.9 Å². The molecule has 0 heterocycles. The van der Waals surface area contributed by atoms with E-state index in [2.05, 4.69) is 5.32 Å². The Kier molecular flexibility index (Phi) is 7.45. The van der Waals surface area contributed by atoms with E-state index in [4.69, 9.17) is 4.74 Å². The lowest BCUT2D eigenvalue weighted by Gasteiger charge is -2.20. The van der Waals surface area contributed by atoms with E-state index in [9.17, 15) is 22.8 Å². The first kappa shape index (κ1) is 21.0. The van der Waals surface area contributed by atoms with E-state index in [1.807, 2.05) is 13.8 Å². The Morgan fingerprint density at radius 2 is 1.68 bits per heavy atom. The van der Waals surface area contributed by atoms with Crippen molar-refractivity contribution in [2.24, 2.45) is 11.8 Å². The zero-order valence-electron chi connectivity index (χ0n) is 14.8. The third-order valence-corrected chi connectivity index (χ3v) is 3.78. The smallest absolute Gasteiger partial charge is 0.416 e. The molecule has 0 fully saturated rings. The van der Waals surface area contributed by atoms with E-state index in [1.165, 1.54) is 19.2 Å². The van der Waals surface area contributed by atoms with Crippen molar-refractivity contribution in [2.75, 3.05) is 7.11 Å². The van der Waals surface area contributed by atoms with Crippen molar-refractivity contribution < 1.29 is 27.5 Å². The highest BCUT2D eigenvalue weighted by molar-refractivity contribution is 5.85. The first-order chi connectivity index (χ1) is 11.5. The van der Waals surface area contributed by atoms with Crippen LogP contribution in [0.1, 0.15) is 38.3 Å². The molecule has 0 radical (unpaired) electrons. The van der Waals surface area contributed by atoms with Crippen molar-refractivity contribution in [1.29, 1.82) is 0 Å². The van der Waals surface area contributed by atoms with Crippen LogP contribution in [-0.2, 0) is 26.9 Å². The van der Waals surface area contributed by atoms with Gasteiger partial charge in [0.1, 0.15) is 6.04 Å². The van der Waals surface area contributed by atoms with Gasteiger partial charge in [0.2, 0.25) is 5.91 Å². The van der Waals surface area contributed by atoms with Gasteiger partial charge in [0, 0.05) is 5.92 Å². The van der Waals surface area contributed by atoms with E-state index in [-0.39, 0.29) is 18.2 Å². The summed E-state index contributed by atoms with van der Waals surface area (Å²) in [5.41, 5.74) is -0.106. The number of hydrogen-bond acceptors (Lipinski definition) is 3. The van der Waals surface area contributed by atoms with Crippen LogP contribution in [0.5, 0.6) is 0 Å². The van der Waals surface area contributed by atoms with Crippen molar-refractivity contribution >= 4 is 11.9 Å². The summed E-state index contributed by atoms with van der Waals surface area (Å²) in [7, 11) is 1.26. The Bertz CT molecular complexity index is 582. The van der Waals surface area contributed by atoms with Crippen molar-refractivity contribution in [2.45, 2.75) is 45.8 Å². The van der Waals surface area contributed by atoms with Gasteiger partial charge in [-0.15, -0.1) is 0 Å². The maximum atomic E-state index is 12.6. The van der Waals surface area contributed by atoms with Gasteiger partial charge in [0.25, 0.3) is 0 Å². The monoisotopic (exact) mass is 359 g/mol. The molecule has 25 heavy (non-hydrogen) atoms. The number of amides is 1. The number of ether oxygens (including phenoxy) is 1. The van der Waals surface area contributed by atoms with Gasteiger partial charge in [0.05, 0.1) is 12.7 Å². The second-order valence-corrected chi connectivity index (χ2v) is 6.51. The summed E-state index contributed by atoms with van der Waals surface area (Å²) in [6.45, 7) is 5.51. The lowest BCUT2D eigenvalue weighted by atomic mass is 9.98. The van der Waals surface area contributed by atoms with Crippen LogP contribution in [0.2, 0.25) is 0 Å². The molecular weight excluding hydrogens is 335 g/mol. The third-order valence-electron chi connectivity index (χ3n) is 3.78. The molecule has 0 saturated carbocycles. The van der Waals surface area contributed by atoms with Crippen LogP contribution in [0.3, 0.4) is 0 Å². The van der Waals surface area contributed by atoms with Gasteiger partial charge in [-0.05, 0) is 36.5 Å². The Hall–Kier alpha value is -2.05.